The number of carbonyl (C=O) groups excluding carboxylic acids is 1. The highest BCUT2D eigenvalue weighted by Crippen LogP contribution is 2.20. The first-order valence-electron chi connectivity index (χ1n) is 6.00. The van der Waals surface area contributed by atoms with Gasteiger partial charge in [0.25, 0.3) is 5.91 Å². The van der Waals surface area contributed by atoms with Crippen molar-refractivity contribution in [2.75, 3.05) is 5.73 Å². The second kappa shape index (κ2) is 6.08. The van der Waals surface area contributed by atoms with Crippen molar-refractivity contribution < 1.29 is 4.79 Å². The highest BCUT2D eigenvalue weighted by molar-refractivity contribution is 7.10. The fourth-order valence-electron chi connectivity index (χ4n) is 1.78. The molecule has 0 aliphatic heterocycles. The van der Waals surface area contributed by atoms with Crippen molar-refractivity contribution in [3.8, 4) is 0 Å². The molecule has 5 heteroatoms. The molecule has 19 heavy (non-hydrogen) atoms. The van der Waals surface area contributed by atoms with E-state index in [0.717, 1.165) is 6.42 Å². The first kappa shape index (κ1) is 13.9. The summed E-state index contributed by atoms with van der Waals surface area (Å²) in [6.07, 6.45) is 0.975. The molecule has 0 aliphatic rings. The van der Waals surface area contributed by atoms with Crippen LogP contribution in [0.1, 0.15) is 27.7 Å². The van der Waals surface area contributed by atoms with Crippen LogP contribution in [-0.2, 0) is 13.0 Å². The average Bonchev–Trinajstić information content (AvgIpc) is 2.86. The second-order valence-corrected chi connectivity index (χ2v) is 5.55. The van der Waals surface area contributed by atoms with E-state index in [9.17, 15) is 4.79 Å². The molecule has 0 radical (unpaired) electrons. The Hall–Kier alpha value is -1.52. The van der Waals surface area contributed by atoms with Crippen molar-refractivity contribution in [3.05, 3.63) is 50.7 Å². The molecule has 2 aromatic rings. The summed E-state index contributed by atoms with van der Waals surface area (Å²) in [4.78, 5) is 13.2. The van der Waals surface area contributed by atoms with E-state index in [-0.39, 0.29) is 5.91 Å². The lowest BCUT2D eigenvalue weighted by molar-refractivity contribution is 0.0951. The third kappa shape index (κ3) is 3.28. The molecule has 0 atom stereocenters. The van der Waals surface area contributed by atoms with Crippen LogP contribution < -0.4 is 11.1 Å². The maximum Gasteiger partial charge on any atom is 0.251 e. The number of benzene rings is 1. The fraction of sp³-hybridized carbons (Fsp3) is 0.214. The van der Waals surface area contributed by atoms with Gasteiger partial charge in [0.2, 0.25) is 0 Å². The second-order valence-electron chi connectivity index (χ2n) is 4.14. The molecule has 0 spiro atoms. The van der Waals surface area contributed by atoms with E-state index in [1.807, 2.05) is 5.38 Å². The number of anilines is 1. The van der Waals surface area contributed by atoms with E-state index in [2.05, 4.69) is 18.3 Å². The molecular formula is C14H15ClN2OS. The third-order valence-corrected chi connectivity index (χ3v) is 4.19. The lowest BCUT2D eigenvalue weighted by Crippen LogP contribution is -2.22. The Kier molecular flexibility index (Phi) is 4.45. The number of aryl methyl sites for hydroxylation is 1. The molecule has 1 aromatic carbocycles. The predicted molar refractivity (Wildman–Crippen MR) is 80.7 cm³/mol. The van der Waals surface area contributed by atoms with Crippen LogP contribution in [0, 0.1) is 0 Å². The molecular weight excluding hydrogens is 280 g/mol. The summed E-state index contributed by atoms with van der Waals surface area (Å²) in [6, 6.07) is 6.98. The van der Waals surface area contributed by atoms with Gasteiger partial charge in [-0.2, -0.15) is 0 Å². The highest BCUT2D eigenvalue weighted by Gasteiger charge is 2.09. The Morgan fingerprint density at radius 2 is 2.21 bits per heavy atom. The zero-order valence-corrected chi connectivity index (χ0v) is 12.1. The van der Waals surface area contributed by atoms with Crippen LogP contribution in [0.4, 0.5) is 5.69 Å². The summed E-state index contributed by atoms with van der Waals surface area (Å²) in [5.41, 5.74) is 7.90. The Bertz CT molecular complexity index is 595. The van der Waals surface area contributed by atoms with Gasteiger partial charge >= 0.3 is 0 Å². The molecule has 0 saturated carbocycles. The molecule has 100 valence electrons. The van der Waals surface area contributed by atoms with Crippen molar-refractivity contribution in [1.82, 2.24) is 5.32 Å². The number of halogens is 1. The first-order valence-corrected chi connectivity index (χ1v) is 7.26. The third-order valence-electron chi connectivity index (χ3n) is 2.89. The Balaban J connectivity index is 2.03. The molecule has 3 nitrogen and oxygen atoms in total. The molecule has 1 heterocycles. The number of rotatable bonds is 4. The Morgan fingerprint density at radius 1 is 1.42 bits per heavy atom. The van der Waals surface area contributed by atoms with Crippen LogP contribution in [0.2, 0.25) is 5.02 Å². The van der Waals surface area contributed by atoms with Gasteiger partial charge < -0.3 is 11.1 Å². The SMILES string of the molecule is CCc1ccsc1CNC(=O)c1ccc(Cl)c(N)c1. The number of nitrogen functional groups attached to an aromatic ring is 1. The van der Waals surface area contributed by atoms with Gasteiger partial charge in [-0.15, -0.1) is 11.3 Å². The van der Waals surface area contributed by atoms with Gasteiger partial charge in [0.05, 0.1) is 17.3 Å². The molecule has 0 aliphatic carbocycles. The Morgan fingerprint density at radius 3 is 2.89 bits per heavy atom. The van der Waals surface area contributed by atoms with Crippen LogP contribution in [0.5, 0.6) is 0 Å². The van der Waals surface area contributed by atoms with Crippen LogP contribution >= 0.6 is 22.9 Å². The van der Waals surface area contributed by atoms with Gasteiger partial charge in [-0.05, 0) is 41.6 Å². The maximum absolute atomic E-state index is 12.0. The minimum atomic E-state index is -0.140. The summed E-state index contributed by atoms with van der Waals surface area (Å²) >= 11 is 7.48. The lowest BCUT2D eigenvalue weighted by atomic mass is 10.2. The number of nitrogens with one attached hydrogen (secondary N) is 1. The molecule has 0 unspecified atom stereocenters. The lowest BCUT2D eigenvalue weighted by Gasteiger charge is -2.07. The number of carbonyl (C=O) groups is 1. The van der Waals surface area contributed by atoms with Crippen molar-refractivity contribution in [1.29, 1.82) is 0 Å². The summed E-state index contributed by atoms with van der Waals surface area (Å²) in [6.45, 7) is 2.65. The van der Waals surface area contributed by atoms with Crippen molar-refractivity contribution in [2.45, 2.75) is 19.9 Å². The zero-order valence-electron chi connectivity index (χ0n) is 10.6. The minimum Gasteiger partial charge on any atom is -0.398 e. The van der Waals surface area contributed by atoms with E-state index in [1.165, 1.54) is 10.4 Å². The zero-order chi connectivity index (χ0) is 13.8. The highest BCUT2D eigenvalue weighted by atomic mass is 35.5. The average molecular weight is 295 g/mol. The van der Waals surface area contributed by atoms with Gasteiger partial charge in [-0.1, -0.05) is 18.5 Å². The summed E-state index contributed by atoms with van der Waals surface area (Å²) < 4.78 is 0. The summed E-state index contributed by atoms with van der Waals surface area (Å²) in [7, 11) is 0. The Labute approximate surface area is 121 Å². The van der Waals surface area contributed by atoms with Gasteiger partial charge in [-0.25, -0.2) is 0 Å². The van der Waals surface area contributed by atoms with Gasteiger partial charge in [0.15, 0.2) is 0 Å². The van der Waals surface area contributed by atoms with Crippen LogP contribution in [0.3, 0.4) is 0 Å². The summed E-state index contributed by atoms with van der Waals surface area (Å²) in [5.74, 6) is -0.140. The van der Waals surface area contributed by atoms with Crippen LogP contribution in [-0.4, -0.2) is 5.91 Å². The quantitative estimate of drug-likeness (QED) is 0.848. The minimum absolute atomic E-state index is 0.140. The van der Waals surface area contributed by atoms with Gasteiger partial charge in [0.1, 0.15) is 0 Å². The molecule has 0 bridgehead atoms. The number of nitrogens with two attached hydrogens (primary N) is 1. The van der Waals surface area contributed by atoms with Crippen molar-refractivity contribution >= 4 is 34.5 Å². The first-order chi connectivity index (χ1) is 9.11. The van der Waals surface area contributed by atoms with Crippen molar-refractivity contribution in [2.24, 2.45) is 0 Å². The fourth-order valence-corrected chi connectivity index (χ4v) is 2.82. The topological polar surface area (TPSA) is 55.1 Å². The van der Waals surface area contributed by atoms with E-state index in [4.69, 9.17) is 17.3 Å². The monoisotopic (exact) mass is 294 g/mol. The van der Waals surface area contributed by atoms with Gasteiger partial charge in [-0.3, -0.25) is 4.79 Å². The molecule has 1 amide bonds. The van der Waals surface area contributed by atoms with E-state index < -0.39 is 0 Å². The van der Waals surface area contributed by atoms with E-state index >= 15 is 0 Å². The molecule has 1 aromatic heterocycles. The smallest absolute Gasteiger partial charge is 0.251 e. The van der Waals surface area contributed by atoms with E-state index in [0.29, 0.717) is 22.8 Å². The van der Waals surface area contributed by atoms with Crippen LogP contribution in [0.25, 0.3) is 0 Å². The van der Waals surface area contributed by atoms with Gasteiger partial charge in [0, 0.05) is 10.4 Å². The largest absolute Gasteiger partial charge is 0.398 e. The number of hydrogen-bond acceptors (Lipinski definition) is 3. The molecule has 3 N–H and O–H groups in total. The molecule has 0 fully saturated rings. The number of thiophene rings is 1. The summed E-state index contributed by atoms with van der Waals surface area (Å²) in [5, 5.41) is 5.40. The van der Waals surface area contributed by atoms with Crippen molar-refractivity contribution in [3.63, 3.8) is 0 Å². The van der Waals surface area contributed by atoms with E-state index in [1.54, 1.807) is 29.5 Å². The standard InChI is InChI=1S/C14H15ClN2OS/c1-2-9-5-6-19-13(9)8-17-14(18)10-3-4-11(15)12(16)7-10/h3-7H,2,8,16H2,1H3,(H,17,18). The normalized spacial score (nSPS) is 10.4. The molecule has 2 rings (SSSR count). The number of hydrogen-bond donors (Lipinski definition) is 2. The maximum atomic E-state index is 12.0. The molecule has 0 saturated heterocycles. The number of amides is 1. The van der Waals surface area contributed by atoms with Crippen LogP contribution in [0.15, 0.2) is 29.6 Å². The predicted octanol–water partition coefficient (Wildman–Crippen LogP) is 3.48.